The summed E-state index contributed by atoms with van der Waals surface area (Å²) in [6.07, 6.45) is 1.63. The Hall–Kier alpha value is -0.580. The molecule has 0 bridgehead atoms. The first-order valence-corrected chi connectivity index (χ1v) is 6.76. The zero-order valence-corrected chi connectivity index (χ0v) is 11.7. The highest BCUT2D eigenvalue weighted by molar-refractivity contribution is 9.10. The first-order valence-electron chi connectivity index (χ1n) is 5.97. The highest BCUT2D eigenvalue weighted by Crippen LogP contribution is 2.28. The van der Waals surface area contributed by atoms with Gasteiger partial charge >= 0.3 is 0 Å². The zero-order valence-electron chi connectivity index (χ0n) is 10.1. The lowest BCUT2D eigenvalue weighted by atomic mass is 9.93. The van der Waals surface area contributed by atoms with E-state index in [-0.39, 0.29) is 0 Å². The van der Waals surface area contributed by atoms with Crippen molar-refractivity contribution < 1.29 is 5.11 Å². The molecule has 1 aromatic carbocycles. The van der Waals surface area contributed by atoms with E-state index in [1.165, 1.54) is 5.69 Å². The standard InChI is InChI=1S/C13H19BrN2O/c1-13(17)2-4-16(5-3-13)12-7-10(9-15)6-11(14)8-12/h6-8,17H,2-5,9,15H2,1H3. The number of hydrogen-bond acceptors (Lipinski definition) is 3. The second-order valence-corrected chi connectivity index (χ2v) is 5.92. The number of hydrogen-bond donors (Lipinski definition) is 2. The van der Waals surface area contributed by atoms with Gasteiger partial charge in [-0.1, -0.05) is 15.9 Å². The monoisotopic (exact) mass is 298 g/mol. The molecule has 0 amide bonds. The Balaban J connectivity index is 2.15. The van der Waals surface area contributed by atoms with Gasteiger partial charge in [0.1, 0.15) is 0 Å². The fraction of sp³-hybridized carbons (Fsp3) is 0.538. The quantitative estimate of drug-likeness (QED) is 0.880. The molecule has 0 unspecified atom stereocenters. The lowest BCUT2D eigenvalue weighted by Crippen LogP contribution is -2.42. The van der Waals surface area contributed by atoms with Crippen molar-refractivity contribution in [2.75, 3.05) is 18.0 Å². The molecule has 1 aliphatic rings. The average molecular weight is 299 g/mol. The highest BCUT2D eigenvalue weighted by atomic mass is 79.9. The summed E-state index contributed by atoms with van der Waals surface area (Å²) in [6.45, 7) is 4.26. The lowest BCUT2D eigenvalue weighted by molar-refractivity contribution is 0.0351. The van der Waals surface area contributed by atoms with Gasteiger partial charge in [-0.3, -0.25) is 0 Å². The summed E-state index contributed by atoms with van der Waals surface area (Å²) in [4.78, 5) is 2.31. The molecule has 3 nitrogen and oxygen atoms in total. The SMILES string of the molecule is CC1(O)CCN(c2cc(Br)cc(CN)c2)CC1. The molecule has 1 saturated heterocycles. The maximum absolute atomic E-state index is 9.94. The van der Waals surface area contributed by atoms with Gasteiger partial charge in [0.05, 0.1) is 5.60 Å². The van der Waals surface area contributed by atoms with E-state index >= 15 is 0 Å². The molecule has 1 aromatic rings. The summed E-state index contributed by atoms with van der Waals surface area (Å²) in [6, 6.07) is 6.29. The van der Waals surface area contributed by atoms with Crippen LogP contribution in [0.3, 0.4) is 0 Å². The molecular weight excluding hydrogens is 280 g/mol. The molecular formula is C13H19BrN2O. The number of rotatable bonds is 2. The van der Waals surface area contributed by atoms with Gasteiger partial charge in [0, 0.05) is 29.8 Å². The minimum absolute atomic E-state index is 0.501. The minimum Gasteiger partial charge on any atom is -0.390 e. The van der Waals surface area contributed by atoms with Crippen molar-refractivity contribution in [3.63, 3.8) is 0 Å². The number of nitrogens with two attached hydrogens (primary N) is 1. The number of piperidine rings is 1. The van der Waals surface area contributed by atoms with Crippen LogP contribution in [0.1, 0.15) is 25.3 Å². The zero-order chi connectivity index (χ0) is 12.5. The van der Waals surface area contributed by atoms with E-state index in [2.05, 4.69) is 33.0 Å². The van der Waals surface area contributed by atoms with Gasteiger partial charge in [0.2, 0.25) is 0 Å². The molecule has 2 rings (SSSR count). The largest absolute Gasteiger partial charge is 0.390 e. The minimum atomic E-state index is -0.501. The molecule has 0 radical (unpaired) electrons. The van der Waals surface area contributed by atoms with E-state index in [0.29, 0.717) is 6.54 Å². The van der Waals surface area contributed by atoms with Crippen LogP contribution in [0.25, 0.3) is 0 Å². The first-order chi connectivity index (χ1) is 8.00. The predicted molar refractivity (Wildman–Crippen MR) is 74.1 cm³/mol. The van der Waals surface area contributed by atoms with Gasteiger partial charge in [0.15, 0.2) is 0 Å². The molecule has 17 heavy (non-hydrogen) atoms. The van der Waals surface area contributed by atoms with Crippen LogP contribution in [-0.4, -0.2) is 23.8 Å². The molecule has 94 valence electrons. The van der Waals surface area contributed by atoms with Crippen LogP contribution in [0.15, 0.2) is 22.7 Å². The number of anilines is 1. The molecule has 0 saturated carbocycles. The van der Waals surface area contributed by atoms with Crippen LogP contribution >= 0.6 is 15.9 Å². The number of aliphatic hydroxyl groups is 1. The molecule has 3 N–H and O–H groups in total. The Kier molecular flexibility index (Phi) is 3.76. The van der Waals surface area contributed by atoms with Gasteiger partial charge in [-0.25, -0.2) is 0 Å². The average Bonchev–Trinajstić information content (AvgIpc) is 2.28. The maximum atomic E-state index is 9.94. The molecule has 1 aliphatic heterocycles. The summed E-state index contributed by atoms with van der Waals surface area (Å²) < 4.78 is 1.06. The lowest BCUT2D eigenvalue weighted by Gasteiger charge is -2.37. The summed E-state index contributed by atoms with van der Waals surface area (Å²) in [7, 11) is 0. The smallest absolute Gasteiger partial charge is 0.0653 e. The van der Waals surface area contributed by atoms with Crippen LogP contribution in [0, 0.1) is 0 Å². The highest BCUT2D eigenvalue weighted by Gasteiger charge is 2.27. The Labute approximate surface area is 111 Å². The van der Waals surface area contributed by atoms with E-state index in [1.807, 2.05) is 13.0 Å². The summed E-state index contributed by atoms with van der Waals surface area (Å²) in [5.41, 5.74) is 7.50. The summed E-state index contributed by atoms with van der Waals surface area (Å²) in [5.74, 6) is 0. The Morgan fingerprint density at radius 1 is 1.35 bits per heavy atom. The fourth-order valence-corrected chi connectivity index (χ4v) is 2.71. The van der Waals surface area contributed by atoms with Gasteiger partial charge in [-0.05, 0) is 43.5 Å². The van der Waals surface area contributed by atoms with Crippen LogP contribution in [0.4, 0.5) is 5.69 Å². The van der Waals surface area contributed by atoms with Crippen molar-refractivity contribution in [1.82, 2.24) is 0 Å². The van der Waals surface area contributed by atoms with Crippen LogP contribution in [-0.2, 0) is 6.54 Å². The van der Waals surface area contributed by atoms with E-state index in [0.717, 1.165) is 36.0 Å². The van der Waals surface area contributed by atoms with Crippen molar-refractivity contribution in [3.05, 3.63) is 28.2 Å². The Morgan fingerprint density at radius 3 is 2.59 bits per heavy atom. The van der Waals surface area contributed by atoms with Gasteiger partial charge in [-0.2, -0.15) is 0 Å². The molecule has 0 atom stereocenters. The van der Waals surface area contributed by atoms with Gasteiger partial charge < -0.3 is 15.7 Å². The molecule has 1 fully saturated rings. The Morgan fingerprint density at radius 2 is 2.00 bits per heavy atom. The molecule has 0 aliphatic carbocycles. The van der Waals surface area contributed by atoms with Crippen LogP contribution < -0.4 is 10.6 Å². The topological polar surface area (TPSA) is 49.5 Å². The first kappa shape index (κ1) is 12.9. The van der Waals surface area contributed by atoms with Crippen molar-refractivity contribution >= 4 is 21.6 Å². The Bertz CT molecular complexity index is 396. The molecule has 1 heterocycles. The van der Waals surface area contributed by atoms with Crippen molar-refractivity contribution in [3.8, 4) is 0 Å². The number of nitrogens with zero attached hydrogens (tertiary/aromatic N) is 1. The van der Waals surface area contributed by atoms with Crippen LogP contribution in [0.5, 0.6) is 0 Å². The van der Waals surface area contributed by atoms with E-state index in [4.69, 9.17) is 5.73 Å². The third kappa shape index (κ3) is 3.21. The normalized spacial score (nSPS) is 19.4. The molecule has 0 spiro atoms. The van der Waals surface area contributed by atoms with Crippen molar-refractivity contribution in [1.29, 1.82) is 0 Å². The molecule has 4 heteroatoms. The van der Waals surface area contributed by atoms with Crippen molar-refractivity contribution in [2.45, 2.75) is 31.9 Å². The van der Waals surface area contributed by atoms with Gasteiger partial charge in [0.25, 0.3) is 0 Å². The van der Waals surface area contributed by atoms with Crippen molar-refractivity contribution in [2.24, 2.45) is 5.73 Å². The van der Waals surface area contributed by atoms with E-state index in [9.17, 15) is 5.11 Å². The third-order valence-corrected chi connectivity index (χ3v) is 3.84. The predicted octanol–water partition coefficient (Wildman–Crippen LogP) is 2.26. The van der Waals surface area contributed by atoms with E-state index < -0.39 is 5.60 Å². The number of halogens is 1. The summed E-state index contributed by atoms with van der Waals surface area (Å²) in [5, 5.41) is 9.94. The van der Waals surface area contributed by atoms with Crippen LogP contribution in [0.2, 0.25) is 0 Å². The second kappa shape index (κ2) is 4.96. The third-order valence-electron chi connectivity index (χ3n) is 3.38. The second-order valence-electron chi connectivity index (χ2n) is 5.01. The number of benzene rings is 1. The maximum Gasteiger partial charge on any atom is 0.0653 e. The summed E-state index contributed by atoms with van der Waals surface area (Å²) >= 11 is 3.51. The van der Waals surface area contributed by atoms with Gasteiger partial charge in [-0.15, -0.1) is 0 Å². The molecule has 0 aromatic heterocycles. The fourth-order valence-electron chi connectivity index (χ4n) is 2.18. The van der Waals surface area contributed by atoms with E-state index in [1.54, 1.807) is 0 Å².